The Morgan fingerprint density at radius 2 is 2.22 bits per heavy atom. The first-order valence-corrected chi connectivity index (χ1v) is 6.61. The molecule has 0 saturated carbocycles. The number of para-hydroxylation sites is 1. The molecule has 0 aliphatic carbocycles. The van der Waals surface area contributed by atoms with Gasteiger partial charge in [-0.15, -0.1) is 0 Å². The van der Waals surface area contributed by atoms with Crippen LogP contribution in [0.1, 0.15) is 18.9 Å². The molecule has 3 heteroatoms. The summed E-state index contributed by atoms with van der Waals surface area (Å²) >= 11 is 0. The number of hydrogen-bond acceptors (Lipinski definition) is 3. The number of anilines is 1. The standard InChI is InChI=1S/C15H19N3/c1-11-6-7-18(10-11)15-13(9-16)8-12-4-2-3-5-14(12)17-15/h2-5,8,11H,6-7,9-10,16H2,1H3. The van der Waals surface area contributed by atoms with Crippen molar-refractivity contribution in [2.75, 3.05) is 18.0 Å². The van der Waals surface area contributed by atoms with E-state index >= 15 is 0 Å². The maximum atomic E-state index is 5.88. The summed E-state index contributed by atoms with van der Waals surface area (Å²) in [5.74, 6) is 1.84. The molecule has 2 N–H and O–H groups in total. The van der Waals surface area contributed by atoms with Crippen molar-refractivity contribution >= 4 is 16.7 Å². The fraction of sp³-hybridized carbons (Fsp3) is 0.400. The predicted octanol–water partition coefficient (Wildman–Crippen LogP) is 2.54. The molecule has 0 radical (unpaired) electrons. The van der Waals surface area contributed by atoms with Crippen molar-refractivity contribution in [3.63, 3.8) is 0 Å². The van der Waals surface area contributed by atoms with E-state index in [0.29, 0.717) is 6.54 Å². The Bertz CT molecular complexity index is 565. The highest BCUT2D eigenvalue weighted by Gasteiger charge is 2.22. The summed E-state index contributed by atoms with van der Waals surface area (Å²) < 4.78 is 0. The molecule has 2 heterocycles. The molecular formula is C15H19N3. The highest BCUT2D eigenvalue weighted by atomic mass is 15.2. The molecular weight excluding hydrogens is 222 g/mol. The maximum absolute atomic E-state index is 5.88. The average molecular weight is 241 g/mol. The molecule has 0 bridgehead atoms. The number of aromatic nitrogens is 1. The van der Waals surface area contributed by atoms with E-state index in [-0.39, 0.29) is 0 Å². The van der Waals surface area contributed by atoms with Gasteiger partial charge in [0.15, 0.2) is 0 Å². The molecule has 2 aromatic rings. The molecule has 1 aliphatic heterocycles. The third kappa shape index (κ3) is 1.95. The quantitative estimate of drug-likeness (QED) is 0.878. The zero-order valence-electron chi connectivity index (χ0n) is 10.8. The van der Waals surface area contributed by atoms with Crippen molar-refractivity contribution in [3.05, 3.63) is 35.9 Å². The van der Waals surface area contributed by atoms with Crippen molar-refractivity contribution in [1.29, 1.82) is 0 Å². The van der Waals surface area contributed by atoms with Crippen molar-refractivity contribution < 1.29 is 0 Å². The van der Waals surface area contributed by atoms with E-state index in [1.54, 1.807) is 0 Å². The van der Waals surface area contributed by atoms with E-state index in [0.717, 1.165) is 35.9 Å². The summed E-state index contributed by atoms with van der Waals surface area (Å²) in [4.78, 5) is 7.18. The van der Waals surface area contributed by atoms with Crippen LogP contribution >= 0.6 is 0 Å². The molecule has 1 atom stereocenters. The summed E-state index contributed by atoms with van der Waals surface area (Å²) in [6.07, 6.45) is 1.25. The van der Waals surface area contributed by atoms with Gasteiger partial charge in [-0.05, 0) is 24.5 Å². The van der Waals surface area contributed by atoms with Gasteiger partial charge in [0.1, 0.15) is 5.82 Å². The first-order chi connectivity index (χ1) is 8.78. The Kier molecular flexibility index (Phi) is 2.92. The van der Waals surface area contributed by atoms with Crippen LogP contribution in [0.4, 0.5) is 5.82 Å². The van der Waals surface area contributed by atoms with Crippen molar-refractivity contribution in [2.24, 2.45) is 11.7 Å². The highest BCUT2D eigenvalue weighted by molar-refractivity contribution is 5.81. The predicted molar refractivity (Wildman–Crippen MR) is 75.6 cm³/mol. The van der Waals surface area contributed by atoms with Crippen LogP contribution in [-0.2, 0) is 6.54 Å². The Balaban J connectivity index is 2.09. The van der Waals surface area contributed by atoms with Crippen LogP contribution in [0, 0.1) is 5.92 Å². The molecule has 3 nitrogen and oxygen atoms in total. The topological polar surface area (TPSA) is 42.2 Å². The van der Waals surface area contributed by atoms with Crippen LogP contribution in [0.2, 0.25) is 0 Å². The van der Waals surface area contributed by atoms with E-state index in [1.165, 1.54) is 11.8 Å². The van der Waals surface area contributed by atoms with Crippen LogP contribution < -0.4 is 10.6 Å². The number of pyridine rings is 1. The van der Waals surface area contributed by atoms with Crippen LogP contribution in [0.15, 0.2) is 30.3 Å². The van der Waals surface area contributed by atoms with Crippen LogP contribution in [-0.4, -0.2) is 18.1 Å². The highest BCUT2D eigenvalue weighted by Crippen LogP contribution is 2.27. The minimum atomic E-state index is 0.554. The Morgan fingerprint density at radius 1 is 1.39 bits per heavy atom. The molecule has 18 heavy (non-hydrogen) atoms. The van der Waals surface area contributed by atoms with Gasteiger partial charge in [-0.2, -0.15) is 0 Å². The first kappa shape index (κ1) is 11.5. The molecule has 94 valence electrons. The van der Waals surface area contributed by atoms with Gasteiger partial charge in [0, 0.05) is 30.6 Å². The van der Waals surface area contributed by atoms with Gasteiger partial charge >= 0.3 is 0 Å². The second kappa shape index (κ2) is 4.58. The van der Waals surface area contributed by atoms with Gasteiger partial charge in [0.2, 0.25) is 0 Å². The third-order valence-electron chi connectivity index (χ3n) is 3.72. The molecule has 1 unspecified atom stereocenters. The van der Waals surface area contributed by atoms with Gasteiger partial charge in [0.05, 0.1) is 5.52 Å². The first-order valence-electron chi connectivity index (χ1n) is 6.61. The number of rotatable bonds is 2. The molecule has 1 aromatic heterocycles. The summed E-state index contributed by atoms with van der Waals surface area (Å²) in [5.41, 5.74) is 8.09. The molecule has 0 spiro atoms. The molecule has 1 aromatic carbocycles. The molecule has 1 saturated heterocycles. The second-order valence-electron chi connectivity index (χ2n) is 5.21. The zero-order chi connectivity index (χ0) is 12.5. The lowest BCUT2D eigenvalue weighted by atomic mass is 10.1. The van der Waals surface area contributed by atoms with Gasteiger partial charge in [-0.25, -0.2) is 4.98 Å². The van der Waals surface area contributed by atoms with Crippen LogP contribution in [0.3, 0.4) is 0 Å². The average Bonchev–Trinajstić information content (AvgIpc) is 2.83. The van der Waals surface area contributed by atoms with Gasteiger partial charge in [-0.3, -0.25) is 0 Å². The maximum Gasteiger partial charge on any atom is 0.133 e. The van der Waals surface area contributed by atoms with Crippen molar-refractivity contribution in [1.82, 2.24) is 4.98 Å². The van der Waals surface area contributed by atoms with E-state index < -0.39 is 0 Å². The minimum Gasteiger partial charge on any atom is -0.356 e. The van der Waals surface area contributed by atoms with E-state index in [4.69, 9.17) is 10.7 Å². The normalized spacial score (nSPS) is 19.7. The van der Waals surface area contributed by atoms with E-state index in [2.05, 4.69) is 30.0 Å². The SMILES string of the molecule is CC1CCN(c2nc3ccccc3cc2CN)C1. The second-order valence-corrected chi connectivity index (χ2v) is 5.21. The van der Waals surface area contributed by atoms with Gasteiger partial charge in [0.25, 0.3) is 0 Å². The van der Waals surface area contributed by atoms with Crippen molar-refractivity contribution in [3.8, 4) is 0 Å². The lowest BCUT2D eigenvalue weighted by molar-refractivity contribution is 0.658. The summed E-state index contributed by atoms with van der Waals surface area (Å²) in [6.45, 7) is 5.04. The van der Waals surface area contributed by atoms with E-state index in [9.17, 15) is 0 Å². The number of hydrogen-bond donors (Lipinski definition) is 1. The molecule has 1 fully saturated rings. The molecule has 0 amide bonds. The largest absolute Gasteiger partial charge is 0.356 e. The van der Waals surface area contributed by atoms with Gasteiger partial charge < -0.3 is 10.6 Å². The van der Waals surface area contributed by atoms with Crippen LogP contribution in [0.5, 0.6) is 0 Å². The Morgan fingerprint density at radius 3 is 2.94 bits per heavy atom. The fourth-order valence-corrected chi connectivity index (χ4v) is 2.70. The Hall–Kier alpha value is -1.61. The smallest absolute Gasteiger partial charge is 0.133 e. The summed E-state index contributed by atoms with van der Waals surface area (Å²) in [5, 5.41) is 1.17. The summed E-state index contributed by atoms with van der Waals surface area (Å²) in [6, 6.07) is 10.4. The monoisotopic (exact) mass is 241 g/mol. The third-order valence-corrected chi connectivity index (χ3v) is 3.72. The number of nitrogens with two attached hydrogens (primary N) is 1. The van der Waals surface area contributed by atoms with Gasteiger partial charge in [-0.1, -0.05) is 25.1 Å². The van der Waals surface area contributed by atoms with Crippen LogP contribution in [0.25, 0.3) is 10.9 Å². The lowest BCUT2D eigenvalue weighted by Gasteiger charge is -2.20. The molecule has 3 rings (SSSR count). The van der Waals surface area contributed by atoms with Crippen molar-refractivity contribution in [2.45, 2.75) is 19.9 Å². The number of fused-ring (bicyclic) bond motifs is 1. The lowest BCUT2D eigenvalue weighted by Crippen LogP contribution is -2.22. The van der Waals surface area contributed by atoms with E-state index in [1.807, 2.05) is 12.1 Å². The number of benzene rings is 1. The summed E-state index contributed by atoms with van der Waals surface area (Å²) in [7, 11) is 0. The zero-order valence-corrected chi connectivity index (χ0v) is 10.8. The Labute approximate surface area is 108 Å². The molecule has 1 aliphatic rings. The number of nitrogens with zero attached hydrogens (tertiary/aromatic N) is 2. The minimum absolute atomic E-state index is 0.554. The fourth-order valence-electron chi connectivity index (χ4n) is 2.70.